The van der Waals surface area contributed by atoms with Crippen LogP contribution in [0.15, 0.2) is 94.8 Å². The molecule has 0 radical (unpaired) electrons. The van der Waals surface area contributed by atoms with E-state index >= 15 is 0 Å². The zero-order chi connectivity index (χ0) is 25.4. The Bertz CT molecular complexity index is 1640. The van der Waals surface area contributed by atoms with Crippen molar-refractivity contribution in [2.24, 2.45) is 0 Å². The molecule has 0 saturated heterocycles. The van der Waals surface area contributed by atoms with E-state index in [0.717, 1.165) is 11.1 Å². The van der Waals surface area contributed by atoms with Gasteiger partial charge in [-0.2, -0.15) is 0 Å². The molecule has 2 aromatic heterocycles. The van der Waals surface area contributed by atoms with Crippen LogP contribution in [0.1, 0.15) is 37.5 Å². The lowest BCUT2D eigenvalue weighted by molar-refractivity contribution is 0.590. The molecule has 0 saturated carbocycles. The van der Waals surface area contributed by atoms with Crippen molar-refractivity contribution in [3.05, 3.63) is 129 Å². The molecule has 0 spiro atoms. The van der Waals surface area contributed by atoms with Gasteiger partial charge in [-0.05, 0) is 46.4 Å². The van der Waals surface area contributed by atoms with E-state index in [1.807, 2.05) is 42.5 Å². The van der Waals surface area contributed by atoms with Crippen molar-refractivity contribution < 1.29 is 4.39 Å². The quantitative estimate of drug-likeness (QED) is 0.359. The standard InChI is InChI=1S/C29H27FN4O2/c1-29(2,3)22-11-9-21(10-12-22)17-32-19-31-26-25(32)27(35)33(18-20-7-5-4-6-8-20)28(36)34(26)24-15-13-23(30)14-16-24/h4-16,19H,17-18H2,1-3H3. The molecule has 0 aliphatic carbocycles. The number of aromatic nitrogens is 4. The monoisotopic (exact) mass is 482 g/mol. The Kier molecular flexibility index (Phi) is 5.92. The second-order valence-electron chi connectivity index (χ2n) is 9.96. The number of hydrogen-bond acceptors (Lipinski definition) is 3. The fourth-order valence-electron chi connectivity index (χ4n) is 4.33. The van der Waals surface area contributed by atoms with E-state index in [4.69, 9.17) is 0 Å². The molecule has 3 aromatic carbocycles. The molecule has 2 heterocycles. The molecule has 36 heavy (non-hydrogen) atoms. The number of rotatable bonds is 5. The topological polar surface area (TPSA) is 61.8 Å². The summed E-state index contributed by atoms with van der Waals surface area (Å²) in [4.78, 5) is 31.7. The van der Waals surface area contributed by atoms with E-state index in [9.17, 15) is 14.0 Å². The van der Waals surface area contributed by atoms with Crippen LogP contribution in [0.25, 0.3) is 16.9 Å². The van der Waals surface area contributed by atoms with Crippen molar-refractivity contribution in [1.29, 1.82) is 0 Å². The van der Waals surface area contributed by atoms with Gasteiger partial charge in [0.2, 0.25) is 0 Å². The van der Waals surface area contributed by atoms with E-state index in [2.05, 4.69) is 37.9 Å². The normalized spacial score (nSPS) is 11.8. The van der Waals surface area contributed by atoms with Crippen LogP contribution >= 0.6 is 0 Å². The van der Waals surface area contributed by atoms with Crippen LogP contribution in [0.4, 0.5) is 4.39 Å². The molecule has 5 aromatic rings. The van der Waals surface area contributed by atoms with Gasteiger partial charge in [0.15, 0.2) is 11.2 Å². The Morgan fingerprint density at radius 2 is 1.44 bits per heavy atom. The molecule has 182 valence electrons. The summed E-state index contributed by atoms with van der Waals surface area (Å²) in [7, 11) is 0. The van der Waals surface area contributed by atoms with Gasteiger partial charge in [-0.3, -0.25) is 9.36 Å². The maximum absolute atomic E-state index is 13.7. The highest BCUT2D eigenvalue weighted by molar-refractivity contribution is 5.72. The first kappa shape index (κ1) is 23.5. The van der Waals surface area contributed by atoms with Crippen LogP contribution in [0.5, 0.6) is 0 Å². The third-order valence-corrected chi connectivity index (χ3v) is 6.34. The highest BCUT2D eigenvalue weighted by Crippen LogP contribution is 2.23. The average molecular weight is 483 g/mol. The van der Waals surface area contributed by atoms with Gasteiger partial charge in [0.05, 0.1) is 18.6 Å². The molecule has 0 N–H and O–H groups in total. The molecule has 5 rings (SSSR count). The summed E-state index contributed by atoms with van der Waals surface area (Å²) < 4.78 is 18.0. The van der Waals surface area contributed by atoms with Crippen LogP contribution in [0, 0.1) is 5.82 Å². The Hall–Kier alpha value is -4.26. The van der Waals surface area contributed by atoms with Crippen molar-refractivity contribution in [2.75, 3.05) is 0 Å². The van der Waals surface area contributed by atoms with Gasteiger partial charge in [0.25, 0.3) is 5.56 Å². The zero-order valence-corrected chi connectivity index (χ0v) is 20.5. The first-order valence-electron chi connectivity index (χ1n) is 11.8. The lowest BCUT2D eigenvalue weighted by atomic mass is 9.87. The van der Waals surface area contributed by atoms with E-state index in [1.54, 1.807) is 10.9 Å². The SMILES string of the molecule is CC(C)(C)c1ccc(Cn2cnc3c2c(=O)n(Cc2ccccc2)c(=O)n3-c2ccc(F)cc2)cc1. The van der Waals surface area contributed by atoms with Gasteiger partial charge in [0, 0.05) is 6.54 Å². The molecule has 0 fully saturated rings. The van der Waals surface area contributed by atoms with Crippen LogP contribution in [0.3, 0.4) is 0 Å². The summed E-state index contributed by atoms with van der Waals surface area (Å²) in [5, 5.41) is 0. The van der Waals surface area contributed by atoms with Gasteiger partial charge < -0.3 is 4.57 Å². The third kappa shape index (κ3) is 4.40. The van der Waals surface area contributed by atoms with E-state index in [0.29, 0.717) is 17.7 Å². The van der Waals surface area contributed by atoms with E-state index < -0.39 is 17.1 Å². The number of nitrogens with zero attached hydrogens (tertiary/aromatic N) is 4. The van der Waals surface area contributed by atoms with Crippen molar-refractivity contribution in [2.45, 2.75) is 39.3 Å². The lowest BCUT2D eigenvalue weighted by Gasteiger charge is -2.19. The van der Waals surface area contributed by atoms with Gasteiger partial charge in [-0.25, -0.2) is 18.7 Å². The predicted octanol–water partition coefficient (Wildman–Crippen LogP) is 4.88. The first-order valence-corrected chi connectivity index (χ1v) is 11.8. The molecule has 0 bridgehead atoms. The molecule has 6 nitrogen and oxygen atoms in total. The maximum Gasteiger partial charge on any atom is 0.337 e. The maximum atomic E-state index is 13.7. The Morgan fingerprint density at radius 3 is 2.08 bits per heavy atom. The largest absolute Gasteiger partial charge is 0.337 e. The summed E-state index contributed by atoms with van der Waals surface area (Å²) in [6.45, 7) is 7.02. The minimum absolute atomic E-state index is 0.0383. The van der Waals surface area contributed by atoms with Crippen LogP contribution < -0.4 is 11.2 Å². The van der Waals surface area contributed by atoms with Gasteiger partial charge >= 0.3 is 5.69 Å². The number of hydrogen-bond donors (Lipinski definition) is 0. The Balaban J connectivity index is 1.68. The fraction of sp³-hybridized carbons (Fsp3) is 0.207. The van der Waals surface area contributed by atoms with Gasteiger partial charge in [-0.15, -0.1) is 0 Å². The summed E-state index contributed by atoms with van der Waals surface area (Å²) in [5.41, 5.74) is 3.15. The summed E-state index contributed by atoms with van der Waals surface area (Å²) in [6, 6.07) is 23.2. The van der Waals surface area contributed by atoms with Crippen molar-refractivity contribution in [3.63, 3.8) is 0 Å². The zero-order valence-electron chi connectivity index (χ0n) is 20.5. The van der Waals surface area contributed by atoms with Crippen LogP contribution in [-0.2, 0) is 18.5 Å². The average Bonchev–Trinajstić information content (AvgIpc) is 3.26. The van der Waals surface area contributed by atoms with Crippen molar-refractivity contribution in [1.82, 2.24) is 18.7 Å². The van der Waals surface area contributed by atoms with E-state index in [1.165, 1.54) is 39.0 Å². The second-order valence-corrected chi connectivity index (χ2v) is 9.96. The summed E-state index contributed by atoms with van der Waals surface area (Å²) in [5.74, 6) is -0.412. The van der Waals surface area contributed by atoms with Crippen LogP contribution in [0.2, 0.25) is 0 Å². The highest BCUT2D eigenvalue weighted by atomic mass is 19.1. The summed E-state index contributed by atoms with van der Waals surface area (Å²) in [6.07, 6.45) is 1.58. The van der Waals surface area contributed by atoms with Gasteiger partial charge in [0.1, 0.15) is 5.82 Å². The highest BCUT2D eigenvalue weighted by Gasteiger charge is 2.20. The number of halogens is 1. The minimum atomic E-state index is -0.525. The molecule has 0 amide bonds. The third-order valence-electron chi connectivity index (χ3n) is 6.34. The van der Waals surface area contributed by atoms with Crippen LogP contribution in [-0.4, -0.2) is 18.7 Å². The Morgan fingerprint density at radius 1 is 0.806 bits per heavy atom. The number of benzene rings is 3. The minimum Gasteiger partial charge on any atom is -0.320 e. The second kappa shape index (κ2) is 9.07. The smallest absolute Gasteiger partial charge is 0.320 e. The van der Waals surface area contributed by atoms with E-state index in [-0.39, 0.29) is 17.6 Å². The van der Waals surface area contributed by atoms with Gasteiger partial charge in [-0.1, -0.05) is 75.4 Å². The molecular weight excluding hydrogens is 455 g/mol. The number of imidazole rings is 1. The molecule has 0 aliphatic heterocycles. The first-order chi connectivity index (χ1) is 17.2. The molecular formula is C29H27FN4O2. The summed E-state index contributed by atoms with van der Waals surface area (Å²) >= 11 is 0. The number of fused-ring (bicyclic) bond motifs is 1. The lowest BCUT2D eigenvalue weighted by Crippen LogP contribution is -2.40. The predicted molar refractivity (Wildman–Crippen MR) is 139 cm³/mol. The molecule has 7 heteroatoms. The molecule has 0 unspecified atom stereocenters. The van der Waals surface area contributed by atoms with Crippen molar-refractivity contribution in [3.8, 4) is 5.69 Å². The fourth-order valence-corrected chi connectivity index (χ4v) is 4.33. The Labute approximate surface area is 207 Å². The molecule has 0 aliphatic rings. The van der Waals surface area contributed by atoms with Crippen molar-refractivity contribution >= 4 is 11.2 Å². The molecule has 0 atom stereocenters.